The molecule has 1 aliphatic rings. The van der Waals surface area contributed by atoms with Crippen molar-refractivity contribution in [3.05, 3.63) is 73.3 Å². The van der Waals surface area contributed by atoms with Gasteiger partial charge in [-0.15, -0.1) is 19.7 Å². The molecule has 0 saturated carbocycles. The van der Waals surface area contributed by atoms with E-state index in [0.717, 1.165) is 0 Å². The van der Waals surface area contributed by atoms with Crippen LogP contribution < -0.4 is 0 Å². The Bertz CT molecular complexity index is 556. The number of benzene rings is 2. The predicted octanol–water partition coefficient (Wildman–Crippen LogP) is 7.72. The Balaban J connectivity index is 0. The second-order valence-corrected chi connectivity index (χ2v) is 5.29. The molecule has 1 aliphatic carbocycles. The van der Waals surface area contributed by atoms with Crippen molar-refractivity contribution in [2.45, 2.75) is 60.3 Å². The predicted molar refractivity (Wildman–Crippen MR) is 110 cm³/mol. The van der Waals surface area contributed by atoms with Gasteiger partial charge in [0.1, 0.15) is 0 Å². The third-order valence-electron chi connectivity index (χ3n) is 3.35. The minimum absolute atomic E-state index is 0.323. The molecule has 23 heavy (non-hydrogen) atoms. The van der Waals surface area contributed by atoms with Gasteiger partial charge in [0.15, 0.2) is 0 Å². The fraction of sp³-hybridized carbons (Fsp3) is 0.391. The fourth-order valence-corrected chi connectivity index (χ4v) is 2.70. The van der Waals surface area contributed by atoms with Crippen LogP contribution in [0.3, 0.4) is 0 Å². The average Bonchev–Trinajstić information content (AvgIpc) is 2.87. The lowest BCUT2D eigenvalue weighted by molar-refractivity contribution is 0.546. The van der Waals surface area contributed by atoms with Crippen LogP contribution in [0.2, 0.25) is 0 Å². The largest absolute Gasteiger partial charge is 0.106 e. The fourth-order valence-electron chi connectivity index (χ4n) is 2.70. The van der Waals surface area contributed by atoms with Gasteiger partial charge in [-0.3, -0.25) is 0 Å². The van der Waals surface area contributed by atoms with Gasteiger partial charge in [0, 0.05) is 0 Å². The lowest BCUT2D eigenvalue weighted by Gasteiger charge is -2.18. The zero-order valence-corrected chi connectivity index (χ0v) is 16.4. The molecule has 128 valence electrons. The van der Waals surface area contributed by atoms with Crippen LogP contribution in [-0.2, 0) is 11.8 Å². The summed E-state index contributed by atoms with van der Waals surface area (Å²) >= 11 is 0. The molecule has 3 rings (SSSR count). The van der Waals surface area contributed by atoms with E-state index in [2.05, 4.69) is 70.0 Å². The molecule has 0 heteroatoms. The standard InChI is InChI=1S/C14H14.C3H6.2C2H6.C2H4/c1-14(2)9-11-7-3-5-10-6-4-8-12(14)13(10)11;1-3-2;3*1-2/h3-8H,9H2,1-2H3;3H,1H2,2H3;2*1-2H3;1-2H2. The monoisotopic (exact) mass is 312 g/mol. The molecular weight excluding hydrogens is 276 g/mol. The van der Waals surface area contributed by atoms with E-state index < -0.39 is 0 Å². The second kappa shape index (κ2) is 12.7. The summed E-state index contributed by atoms with van der Waals surface area (Å²) in [5, 5.41) is 2.89. The SMILES string of the molecule is C=C.C=CC.CC.CC.CC1(C)Cc2cccc3cccc1c23. The first-order valence-corrected chi connectivity index (χ1v) is 8.68. The van der Waals surface area contributed by atoms with E-state index in [9.17, 15) is 0 Å². The first kappa shape index (κ1) is 23.4. The Kier molecular flexibility index (Phi) is 12.9. The van der Waals surface area contributed by atoms with E-state index in [0.29, 0.717) is 5.41 Å². The molecule has 0 fully saturated rings. The molecule has 0 atom stereocenters. The Labute approximate surface area is 144 Å². The van der Waals surface area contributed by atoms with E-state index in [1.807, 2.05) is 34.6 Å². The first-order chi connectivity index (χ1) is 11.1. The van der Waals surface area contributed by atoms with Gasteiger partial charge in [0.2, 0.25) is 0 Å². The normalized spacial score (nSPS) is 12.0. The molecule has 0 spiro atoms. The first-order valence-electron chi connectivity index (χ1n) is 8.68. The topological polar surface area (TPSA) is 0 Å². The molecule has 0 bridgehead atoms. The molecule has 0 aromatic heterocycles. The van der Waals surface area contributed by atoms with Gasteiger partial charge < -0.3 is 0 Å². The summed E-state index contributed by atoms with van der Waals surface area (Å²) in [5.41, 5.74) is 3.36. The summed E-state index contributed by atoms with van der Waals surface area (Å²) in [6.45, 7) is 23.9. The number of hydrogen-bond donors (Lipinski definition) is 0. The van der Waals surface area contributed by atoms with Crippen LogP contribution in [0.1, 0.15) is 59.6 Å². The van der Waals surface area contributed by atoms with Gasteiger partial charge >= 0.3 is 0 Å². The van der Waals surface area contributed by atoms with Crippen molar-refractivity contribution in [1.29, 1.82) is 0 Å². The highest BCUT2D eigenvalue weighted by atomic mass is 14.3. The summed E-state index contributed by atoms with van der Waals surface area (Å²) < 4.78 is 0. The minimum Gasteiger partial charge on any atom is -0.106 e. The van der Waals surface area contributed by atoms with Crippen molar-refractivity contribution in [2.24, 2.45) is 0 Å². The highest BCUT2D eigenvalue weighted by Gasteiger charge is 2.30. The highest BCUT2D eigenvalue weighted by Crippen LogP contribution is 2.41. The van der Waals surface area contributed by atoms with Crippen LogP contribution in [0.25, 0.3) is 10.8 Å². The highest BCUT2D eigenvalue weighted by molar-refractivity contribution is 5.92. The molecule has 0 nitrogen and oxygen atoms in total. The maximum Gasteiger partial charge on any atom is -0.00567 e. The van der Waals surface area contributed by atoms with Gasteiger partial charge in [-0.2, -0.15) is 0 Å². The van der Waals surface area contributed by atoms with Crippen molar-refractivity contribution in [3.63, 3.8) is 0 Å². The van der Waals surface area contributed by atoms with Crippen molar-refractivity contribution < 1.29 is 0 Å². The molecule has 0 unspecified atom stereocenters. The lowest BCUT2D eigenvalue weighted by Crippen LogP contribution is -2.14. The Morgan fingerprint density at radius 2 is 1.35 bits per heavy atom. The maximum absolute atomic E-state index is 3.36. The average molecular weight is 313 g/mol. The quantitative estimate of drug-likeness (QED) is 0.437. The van der Waals surface area contributed by atoms with E-state index in [1.54, 1.807) is 6.08 Å². The molecular formula is C23H36. The molecule has 2 aromatic rings. The van der Waals surface area contributed by atoms with Crippen LogP contribution in [-0.4, -0.2) is 0 Å². The Morgan fingerprint density at radius 3 is 1.83 bits per heavy atom. The molecule has 0 N–H and O–H groups in total. The number of rotatable bonds is 0. The van der Waals surface area contributed by atoms with Crippen LogP contribution in [0.5, 0.6) is 0 Å². The van der Waals surface area contributed by atoms with Gasteiger partial charge in [0.05, 0.1) is 0 Å². The smallest absolute Gasteiger partial charge is 0.00567 e. The van der Waals surface area contributed by atoms with Gasteiger partial charge in [-0.1, -0.05) is 84.0 Å². The minimum atomic E-state index is 0.323. The number of hydrogen-bond acceptors (Lipinski definition) is 0. The van der Waals surface area contributed by atoms with E-state index >= 15 is 0 Å². The molecule has 0 saturated heterocycles. The molecule has 0 amide bonds. The van der Waals surface area contributed by atoms with Gasteiger partial charge in [-0.05, 0) is 40.7 Å². The van der Waals surface area contributed by atoms with Crippen molar-refractivity contribution in [3.8, 4) is 0 Å². The third-order valence-corrected chi connectivity index (χ3v) is 3.35. The summed E-state index contributed by atoms with van der Waals surface area (Å²) in [6.07, 6.45) is 2.93. The maximum atomic E-state index is 3.36. The van der Waals surface area contributed by atoms with Gasteiger partial charge in [0.25, 0.3) is 0 Å². The van der Waals surface area contributed by atoms with Crippen molar-refractivity contribution in [1.82, 2.24) is 0 Å². The number of allylic oxidation sites excluding steroid dienone is 1. The Hall–Kier alpha value is -1.82. The van der Waals surface area contributed by atoms with Crippen LogP contribution in [0.4, 0.5) is 0 Å². The van der Waals surface area contributed by atoms with E-state index in [4.69, 9.17) is 0 Å². The summed E-state index contributed by atoms with van der Waals surface area (Å²) in [5.74, 6) is 0. The lowest BCUT2D eigenvalue weighted by atomic mass is 9.86. The summed E-state index contributed by atoms with van der Waals surface area (Å²) in [4.78, 5) is 0. The van der Waals surface area contributed by atoms with E-state index in [-0.39, 0.29) is 0 Å². The van der Waals surface area contributed by atoms with Crippen molar-refractivity contribution >= 4 is 10.8 Å². The zero-order chi connectivity index (χ0) is 18.5. The third kappa shape index (κ3) is 6.06. The van der Waals surface area contributed by atoms with Crippen LogP contribution >= 0.6 is 0 Å². The summed E-state index contributed by atoms with van der Waals surface area (Å²) in [6, 6.07) is 13.3. The van der Waals surface area contributed by atoms with Gasteiger partial charge in [-0.25, -0.2) is 0 Å². The van der Waals surface area contributed by atoms with E-state index in [1.165, 1.54) is 28.3 Å². The Morgan fingerprint density at radius 1 is 0.913 bits per heavy atom. The molecule has 0 radical (unpaired) electrons. The molecule has 0 aliphatic heterocycles. The van der Waals surface area contributed by atoms with Crippen molar-refractivity contribution in [2.75, 3.05) is 0 Å². The molecule has 2 aromatic carbocycles. The molecule has 0 heterocycles. The summed E-state index contributed by atoms with van der Waals surface area (Å²) in [7, 11) is 0. The van der Waals surface area contributed by atoms with Crippen LogP contribution in [0.15, 0.2) is 62.2 Å². The zero-order valence-electron chi connectivity index (χ0n) is 16.4. The second-order valence-electron chi connectivity index (χ2n) is 5.29. The van der Waals surface area contributed by atoms with Crippen LogP contribution in [0, 0.1) is 0 Å².